The van der Waals surface area contributed by atoms with Gasteiger partial charge in [-0.1, -0.05) is 48.0 Å². The van der Waals surface area contributed by atoms with E-state index >= 15 is 0 Å². The van der Waals surface area contributed by atoms with Crippen molar-refractivity contribution in [2.45, 2.75) is 6.54 Å². The largest absolute Gasteiger partial charge is 0.395 e. The molecule has 0 unspecified atom stereocenters. The first kappa shape index (κ1) is 15.3. The SMILES string of the molecule is O=[N+]([O-])c1cccc(Cl)c1N(CCO)Cc1ccccc1. The van der Waals surface area contributed by atoms with Crippen LogP contribution in [0.3, 0.4) is 0 Å². The Hall–Kier alpha value is -2.11. The van der Waals surface area contributed by atoms with Crippen LogP contribution in [-0.2, 0) is 6.54 Å². The lowest BCUT2D eigenvalue weighted by molar-refractivity contribution is -0.384. The van der Waals surface area contributed by atoms with Crippen molar-refractivity contribution in [3.8, 4) is 0 Å². The number of hydrogen-bond acceptors (Lipinski definition) is 4. The molecule has 6 heteroatoms. The molecule has 0 saturated heterocycles. The van der Waals surface area contributed by atoms with Gasteiger partial charge < -0.3 is 10.0 Å². The Kier molecular flexibility index (Phi) is 5.14. The minimum Gasteiger partial charge on any atom is -0.395 e. The Labute approximate surface area is 127 Å². The van der Waals surface area contributed by atoms with E-state index in [0.29, 0.717) is 17.3 Å². The number of nitro groups is 1. The quantitative estimate of drug-likeness (QED) is 0.657. The number of aliphatic hydroxyl groups excluding tert-OH is 1. The molecule has 0 aromatic heterocycles. The molecule has 0 aliphatic heterocycles. The maximum atomic E-state index is 11.2. The molecule has 110 valence electrons. The van der Waals surface area contributed by atoms with Gasteiger partial charge in [0.05, 0.1) is 16.6 Å². The van der Waals surface area contributed by atoms with Crippen LogP contribution < -0.4 is 4.90 Å². The van der Waals surface area contributed by atoms with Crippen molar-refractivity contribution in [2.75, 3.05) is 18.1 Å². The zero-order valence-electron chi connectivity index (χ0n) is 11.3. The van der Waals surface area contributed by atoms with E-state index in [-0.39, 0.29) is 18.8 Å². The summed E-state index contributed by atoms with van der Waals surface area (Å²) in [6.45, 7) is 0.584. The standard InChI is InChI=1S/C15H15ClN2O3/c16-13-7-4-8-14(18(20)21)15(13)17(9-10-19)11-12-5-2-1-3-6-12/h1-8,19H,9-11H2. The highest BCUT2D eigenvalue weighted by atomic mass is 35.5. The molecule has 0 aliphatic rings. The Morgan fingerprint density at radius 3 is 2.48 bits per heavy atom. The summed E-state index contributed by atoms with van der Waals surface area (Å²) >= 11 is 6.14. The van der Waals surface area contributed by atoms with Crippen molar-refractivity contribution in [2.24, 2.45) is 0 Å². The monoisotopic (exact) mass is 306 g/mol. The third-order valence-corrected chi connectivity index (χ3v) is 3.37. The predicted octanol–water partition coefficient (Wildman–Crippen LogP) is 3.25. The first-order chi connectivity index (χ1) is 10.1. The maximum absolute atomic E-state index is 11.2. The Bertz CT molecular complexity index is 620. The molecule has 0 amide bonds. The fraction of sp³-hybridized carbons (Fsp3) is 0.200. The highest BCUT2D eigenvalue weighted by Crippen LogP contribution is 2.36. The highest BCUT2D eigenvalue weighted by Gasteiger charge is 2.22. The summed E-state index contributed by atoms with van der Waals surface area (Å²) < 4.78 is 0. The number of nitrogens with zero attached hydrogens (tertiary/aromatic N) is 2. The average Bonchev–Trinajstić information content (AvgIpc) is 2.47. The third kappa shape index (κ3) is 3.71. The number of aliphatic hydroxyl groups is 1. The Morgan fingerprint density at radius 1 is 1.14 bits per heavy atom. The number of benzene rings is 2. The van der Waals surface area contributed by atoms with Crippen LogP contribution in [0.1, 0.15) is 5.56 Å². The molecule has 0 saturated carbocycles. The van der Waals surface area contributed by atoms with Gasteiger partial charge in [0.2, 0.25) is 0 Å². The number of para-hydroxylation sites is 1. The van der Waals surface area contributed by atoms with E-state index < -0.39 is 4.92 Å². The van der Waals surface area contributed by atoms with Crippen LogP contribution in [0, 0.1) is 10.1 Å². The van der Waals surface area contributed by atoms with Crippen LogP contribution in [0.25, 0.3) is 0 Å². The van der Waals surface area contributed by atoms with Gasteiger partial charge in [-0.2, -0.15) is 0 Å². The molecule has 2 aromatic carbocycles. The number of nitro benzene ring substituents is 1. The smallest absolute Gasteiger partial charge is 0.294 e. The van der Waals surface area contributed by atoms with Crippen molar-refractivity contribution < 1.29 is 10.0 Å². The van der Waals surface area contributed by atoms with Crippen molar-refractivity contribution in [1.29, 1.82) is 0 Å². The number of rotatable bonds is 6. The molecule has 2 aromatic rings. The number of halogens is 1. The fourth-order valence-corrected chi connectivity index (χ4v) is 2.45. The summed E-state index contributed by atoms with van der Waals surface area (Å²) in [5.74, 6) is 0. The minimum atomic E-state index is -0.462. The lowest BCUT2D eigenvalue weighted by Crippen LogP contribution is -2.27. The lowest BCUT2D eigenvalue weighted by atomic mass is 10.2. The Balaban J connectivity index is 2.41. The molecule has 5 nitrogen and oxygen atoms in total. The van der Waals surface area contributed by atoms with Crippen LogP contribution >= 0.6 is 11.6 Å². The summed E-state index contributed by atoms with van der Waals surface area (Å²) in [5.41, 5.74) is 1.26. The van der Waals surface area contributed by atoms with Crippen molar-refractivity contribution in [3.05, 3.63) is 69.2 Å². The van der Waals surface area contributed by atoms with Gasteiger partial charge in [-0.15, -0.1) is 0 Å². The molecule has 1 N–H and O–H groups in total. The van der Waals surface area contributed by atoms with Crippen LogP contribution in [0.4, 0.5) is 11.4 Å². The van der Waals surface area contributed by atoms with E-state index in [0.717, 1.165) is 5.56 Å². The summed E-state index contributed by atoms with van der Waals surface area (Å²) in [4.78, 5) is 12.4. The van der Waals surface area contributed by atoms with Crippen molar-refractivity contribution in [1.82, 2.24) is 0 Å². The number of hydrogen-bond donors (Lipinski definition) is 1. The van der Waals surface area contributed by atoms with E-state index in [1.165, 1.54) is 6.07 Å². The molecule has 2 rings (SSSR count). The van der Waals surface area contributed by atoms with E-state index in [2.05, 4.69) is 0 Å². The molecular weight excluding hydrogens is 292 g/mol. The maximum Gasteiger partial charge on any atom is 0.294 e. The van der Waals surface area contributed by atoms with Crippen LogP contribution in [0.2, 0.25) is 5.02 Å². The van der Waals surface area contributed by atoms with Gasteiger partial charge in [-0.3, -0.25) is 10.1 Å². The molecule has 0 fully saturated rings. The number of anilines is 1. The molecule has 0 radical (unpaired) electrons. The molecular formula is C15H15ClN2O3. The van der Waals surface area contributed by atoms with Gasteiger partial charge in [0.15, 0.2) is 0 Å². The average molecular weight is 307 g/mol. The third-order valence-electron chi connectivity index (χ3n) is 3.06. The summed E-state index contributed by atoms with van der Waals surface area (Å²) in [5, 5.41) is 20.7. The van der Waals surface area contributed by atoms with Gasteiger partial charge in [-0.25, -0.2) is 0 Å². The molecule has 0 bridgehead atoms. The second kappa shape index (κ2) is 7.06. The second-order valence-corrected chi connectivity index (χ2v) is 4.90. The van der Waals surface area contributed by atoms with E-state index in [4.69, 9.17) is 11.6 Å². The predicted molar refractivity (Wildman–Crippen MR) is 82.7 cm³/mol. The summed E-state index contributed by atoms with van der Waals surface area (Å²) in [6, 6.07) is 14.1. The molecule has 0 atom stereocenters. The zero-order valence-corrected chi connectivity index (χ0v) is 12.0. The van der Waals surface area contributed by atoms with Crippen molar-refractivity contribution in [3.63, 3.8) is 0 Å². The van der Waals surface area contributed by atoms with Gasteiger partial charge in [0.1, 0.15) is 5.69 Å². The van der Waals surface area contributed by atoms with Crippen LogP contribution in [0.15, 0.2) is 48.5 Å². The van der Waals surface area contributed by atoms with Crippen molar-refractivity contribution >= 4 is 23.0 Å². The first-order valence-electron chi connectivity index (χ1n) is 6.46. The van der Waals surface area contributed by atoms with Gasteiger partial charge >= 0.3 is 0 Å². The topological polar surface area (TPSA) is 66.6 Å². The minimum absolute atomic E-state index is 0.0631. The summed E-state index contributed by atoms with van der Waals surface area (Å²) in [6.07, 6.45) is 0. The normalized spacial score (nSPS) is 10.4. The van der Waals surface area contributed by atoms with Gasteiger partial charge in [-0.05, 0) is 11.6 Å². The van der Waals surface area contributed by atoms with E-state index in [9.17, 15) is 15.2 Å². The van der Waals surface area contributed by atoms with E-state index in [1.807, 2.05) is 30.3 Å². The van der Waals surface area contributed by atoms with Crippen LogP contribution in [0.5, 0.6) is 0 Å². The zero-order chi connectivity index (χ0) is 15.2. The lowest BCUT2D eigenvalue weighted by Gasteiger charge is -2.24. The van der Waals surface area contributed by atoms with Crippen LogP contribution in [-0.4, -0.2) is 23.2 Å². The summed E-state index contributed by atoms with van der Waals surface area (Å²) in [7, 11) is 0. The molecule has 0 spiro atoms. The van der Waals surface area contributed by atoms with Gasteiger partial charge in [0, 0.05) is 19.2 Å². The fourth-order valence-electron chi connectivity index (χ4n) is 2.16. The van der Waals surface area contributed by atoms with Gasteiger partial charge in [0.25, 0.3) is 5.69 Å². The Morgan fingerprint density at radius 2 is 1.86 bits per heavy atom. The molecule has 0 heterocycles. The highest BCUT2D eigenvalue weighted by molar-refractivity contribution is 6.33. The first-order valence-corrected chi connectivity index (χ1v) is 6.84. The second-order valence-electron chi connectivity index (χ2n) is 4.50. The van der Waals surface area contributed by atoms with E-state index in [1.54, 1.807) is 17.0 Å². The molecule has 21 heavy (non-hydrogen) atoms. The molecule has 0 aliphatic carbocycles.